The van der Waals surface area contributed by atoms with Gasteiger partial charge in [-0.1, -0.05) is 12.1 Å². The molecule has 3 aromatic rings. The summed E-state index contributed by atoms with van der Waals surface area (Å²) in [5, 5.41) is 12.4. The van der Waals surface area contributed by atoms with Gasteiger partial charge in [-0.15, -0.1) is 0 Å². The summed E-state index contributed by atoms with van der Waals surface area (Å²) in [7, 11) is 4.51. The Labute approximate surface area is 180 Å². The Morgan fingerprint density at radius 1 is 1.03 bits per heavy atom. The Kier molecular flexibility index (Phi) is 7.24. The summed E-state index contributed by atoms with van der Waals surface area (Å²) in [6, 6.07) is 14.2. The third-order valence-electron chi connectivity index (χ3n) is 4.60. The molecule has 0 amide bonds. The molecule has 7 nitrogen and oxygen atoms in total. The zero-order valence-corrected chi connectivity index (χ0v) is 17.6. The molecule has 0 aliphatic heterocycles. The predicted octanol–water partition coefficient (Wildman–Crippen LogP) is 4.24. The molecule has 0 bridgehead atoms. The first kappa shape index (κ1) is 21.9. The number of carbonyl (C=O) groups excluding carboxylic acids is 1. The first-order chi connectivity index (χ1) is 15.1. The van der Waals surface area contributed by atoms with Crippen LogP contribution in [0.25, 0.3) is 6.08 Å². The number of methoxy groups -OCH3 is 3. The number of aliphatic hydroxyl groups excluding tert-OH is 1. The fourth-order valence-electron chi connectivity index (χ4n) is 2.97. The van der Waals surface area contributed by atoms with Crippen LogP contribution in [-0.4, -0.2) is 37.2 Å². The van der Waals surface area contributed by atoms with Crippen molar-refractivity contribution in [3.8, 4) is 17.2 Å². The Morgan fingerprint density at radius 2 is 1.71 bits per heavy atom. The van der Waals surface area contributed by atoms with Crippen molar-refractivity contribution in [3.05, 3.63) is 77.5 Å². The maximum Gasteiger partial charge on any atom is 0.203 e. The molecule has 0 radical (unpaired) electrons. The second kappa shape index (κ2) is 10.3. The second-order valence-corrected chi connectivity index (χ2v) is 6.53. The topological polar surface area (TPSA) is 89.9 Å². The summed E-state index contributed by atoms with van der Waals surface area (Å²) in [5.74, 6) is 1.63. The summed E-state index contributed by atoms with van der Waals surface area (Å²) in [6.07, 6.45) is 4.84. The average molecular weight is 420 g/mol. The van der Waals surface area contributed by atoms with Crippen LogP contribution in [0.5, 0.6) is 17.2 Å². The van der Waals surface area contributed by atoms with E-state index in [9.17, 15) is 9.90 Å². The lowest BCUT2D eigenvalue weighted by Gasteiger charge is -2.13. The van der Waals surface area contributed by atoms with E-state index < -0.39 is 0 Å². The van der Waals surface area contributed by atoms with Crippen LogP contribution in [0.3, 0.4) is 0 Å². The molecule has 7 heteroatoms. The van der Waals surface area contributed by atoms with Crippen LogP contribution in [0.15, 0.2) is 60.8 Å². The molecule has 160 valence electrons. The number of anilines is 2. The van der Waals surface area contributed by atoms with Gasteiger partial charge >= 0.3 is 0 Å². The highest BCUT2D eigenvalue weighted by Crippen LogP contribution is 2.38. The molecule has 2 aromatic carbocycles. The van der Waals surface area contributed by atoms with Crippen molar-refractivity contribution in [2.45, 2.75) is 6.61 Å². The number of carbonyl (C=O) groups is 1. The van der Waals surface area contributed by atoms with E-state index in [1.807, 2.05) is 30.3 Å². The summed E-state index contributed by atoms with van der Waals surface area (Å²) >= 11 is 0. The number of aliphatic hydroxyl groups is 1. The van der Waals surface area contributed by atoms with Gasteiger partial charge in [0.05, 0.1) is 27.9 Å². The summed E-state index contributed by atoms with van der Waals surface area (Å²) in [5.41, 5.74) is 2.79. The molecule has 1 aromatic heterocycles. The Bertz CT molecular complexity index is 1050. The van der Waals surface area contributed by atoms with Crippen LogP contribution < -0.4 is 19.5 Å². The largest absolute Gasteiger partial charge is 0.493 e. The lowest BCUT2D eigenvalue weighted by atomic mass is 10.1. The maximum absolute atomic E-state index is 12.8. The highest BCUT2D eigenvalue weighted by molar-refractivity contribution is 6.07. The molecule has 3 rings (SSSR count). The number of ether oxygens (including phenoxy) is 3. The van der Waals surface area contributed by atoms with Gasteiger partial charge in [-0.05, 0) is 54.1 Å². The third kappa shape index (κ3) is 5.21. The van der Waals surface area contributed by atoms with Gasteiger partial charge in [0.1, 0.15) is 5.82 Å². The van der Waals surface area contributed by atoms with E-state index in [0.717, 1.165) is 16.8 Å². The molecule has 0 spiro atoms. The molecule has 0 aliphatic carbocycles. The van der Waals surface area contributed by atoms with Crippen LogP contribution in [0.2, 0.25) is 0 Å². The maximum atomic E-state index is 12.8. The predicted molar refractivity (Wildman–Crippen MR) is 119 cm³/mol. The fraction of sp³-hybridized carbons (Fsp3) is 0.167. The highest BCUT2D eigenvalue weighted by Gasteiger charge is 2.16. The van der Waals surface area contributed by atoms with Crippen molar-refractivity contribution in [3.63, 3.8) is 0 Å². The monoisotopic (exact) mass is 420 g/mol. The SMILES string of the molecule is COc1cc(C(=O)/C=C/c2cccnc2Nc2ccc(CO)cc2)cc(OC)c1OC. The van der Waals surface area contributed by atoms with Gasteiger partial charge in [-0.3, -0.25) is 4.79 Å². The molecule has 2 N–H and O–H groups in total. The van der Waals surface area contributed by atoms with E-state index >= 15 is 0 Å². The quantitative estimate of drug-likeness (QED) is 0.395. The second-order valence-electron chi connectivity index (χ2n) is 6.53. The molecule has 0 aliphatic rings. The summed E-state index contributed by atoms with van der Waals surface area (Å²) in [4.78, 5) is 17.2. The molecule has 0 saturated carbocycles. The number of ketones is 1. The fourth-order valence-corrected chi connectivity index (χ4v) is 2.97. The number of pyridine rings is 1. The minimum absolute atomic E-state index is 0.0130. The van der Waals surface area contributed by atoms with Crippen molar-refractivity contribution in [2.75, 3.05) is 26.6 Å². The standard InChI is InChI=1S/C24H24N2O5/c1-29-21-13-18(14-22(30-2)23(21)31-3)20(28)11-8-17-5-4-12-25-24(17)26-19-9-6-16(15-27)7-10-19/h4-14,27H,15H2,1-3H3,(H,25,26)/b11-8+. The number of nitrogens with one attached hydrogen (secondary N) is 1. The van der Waals surface area contributed by atoms with E-state index in [1.165, 1.54) is 27.4 Å². The average Bonchev–Trinajstić information content (AvgIpc) is 2.82. The van der Waals surface area contributed by atoms with Gasteiger partial charge < -0.3 is 24.6 Å². The van der Waals surface area contributed by atoms with Crippen LogP contribution in [0, 0.1) is 0 Å². The Balaban J connectivity index is 1.84. The first-order valence-corrected chi connectivity index (χ1v) is 9.53. The zero-order valence-electron chi connectivity index (χ0n) is 17.6. The minimum atomic E-state index is -0.221. The molecular weight excluding hydrogens is 396 g/mol. The molecular formula is C24H24N2O5. The molecule has 1 heterocycles. The number of rotatable bonds is 9. The van der Waals surface area contributed by atoms with Gasteiger partial charge in [0, 0.05) is 23.0 Å². The Morgan fingerprint density at radius 3 is 2.29 bits per heavy atom. The molecule has 0 saturated heterocycles. The smallest absolute Gasteiger partial charge is 0.203 e. The number of hydrogen-bond acceptors (Lipinski definition) is 7. The number of benzene rings is 2. The van der Waals surface area contributed by atoms with Crippen molar-refractivity contribution in [1.82, 2.24) is 4.98 Å². The Hall–Kier alpha value is -3.84. The minimum Gasteiger partial charge on any atom is -0.493 e. The van der Waals surface area contributed by atoms with Crippen molar-refractivity contribution in [2.24, 2.45) is 0 Å². The van der Waals surface area contributed by atoms with E-state index in [0.29, 0.717) is 28.6 Å². The van der Waals surface area contributed by atoms with E-state index in [-0.39, 0.29) is 12.4 Å². The summed E-state index contributed by atoms with van der Waals surface area (Å²) in [6.45, 7) is -0.0130. The molecule has 31 heavy (non-hydrogen) atoms. The lowest BCUT2D eigenvalue weighted by Crippen LogP contribution is -2.01. The molecule has 0 atom stereocenters. The van der Waals surface area contributed by atoms with Gasteiger partial charge in [-0.25, -0.2) is 4.98 Å². The number of allylic oxidation sites excluding steroid dienone is 1. The van der Waals surface area contributed by atoms with Crippen LogP contribution in [-0.2, 0) is 6.61 Å². The van der Waals surface area contributed by atoms with Gasteiger partial charge in [0.2, 0.25) is 5.75 Å². The van der Waals surface area contributed by atoms with Crippen molar-refractivity contribution >= 4 is 23.4 Å². The number of aromatic nitrogens is 1. The number of nitrogens with zero attached hydrogens (tertiary/aromatic N) is 1. The normalized spacial score (nSPS) is 10.7. The van der Waals surface area contributed by atoms with Gasteiger partial charge in [-0.2, -0.15) is 0 Å². The molecule has 0 fully saturated rings. The van der Waals surface area contributed by atoms with E-state index in [4.69, 9.17) is 14.2 Å². The first-order valence-electron chi connectivity index (χ1n) is 9.53. The van der Waals surface area contributed by atoms with Crippen LogP contribution >= 0.6 is 0 Å². The van der Waals surface area contributed by atoms with Gasteiger partial charge in [0.15, 0.2) is 17.3 Å². The van der Waals surface area contributed by atoms with E-state index in [2.05, 4.69) is 10.3 Å². The highest BCUT2D eigenvalue weighted by atomic mass is 16.5. The van der Waals surface area contributed by atoms with Crippen LogP contribution in [0.1, 0.15) is 21.5 Å². The lowest BCUT2D eigenvalue weighted by molar-refractivity contribution is 0.104. The zero-order chi connectivity index (χ0) is 22.2. The van der Waals surface area contributed by atoms with Crippen molar-refractivity contribution < 1.29 is 24.1 Å². The van der Waals surface area contributed by atoms with Crippen LogP contribution in [0.4, 0.5) is 11.5 Å². The third-order valence-corrected chi connectivity index (χ3v) is 4.60. The van der Waals surface area contributed by atoms with Crippen molar-refractivity contribution in [1.29, 1.82) is 0 Å². The number of hydrogen-bond donors (Lipinski definition) is 2. The van der Waals surface area contributed by atoms with Gasteiger partial charge in [0.25, 0.3) is 0 Å². The summed E-state index contributed by atoms with van der Waals surface area (Å²) < 4.78 is 15.9. The molecule has 0 unspecified atom stereocenters. The van der Waals surface area contributed by atoms with E-state index in [1.54, 1.807) is 30.5 Å².